The number of fused-ring (bicyclic) bond motifs is 3. The normalized spacial score (nSPS) is 22.9. The van der Waals surface area contributed by atoms with Crippen molar-refractivity contribution in [2.45, 2.75) is 82.8 Å². The number of hydrogen-bond donors (Lipinski definition) is 2. The fraction of sp³-hybridized carbons (Fsp3) is 0.412. The van der Waals surface area contributed by atoms with Gasteiger partial charge in [-0.2, -0.15) is 0 Å². The van der Waals surface area contributed by atoms with Crippen LogP contribution in [0.2, 0.25) is 0 Å². The minimum Gasteiger partial charge on any atom is -0.459 e. The van der Waals surface area contributed by atoms with E-state index in [0.29, 0.717) is 47.3 Å². The van der Waals surface area contributed by atoms with Crippen LogP contribution in [0.25, 0.3) is 0 Å². The first-order valence-corrected chi connectivity index (χ1v) is 22.7. The van der Waals surface area contributed by atoms with Crippen molar-refractivity contribution in [1.82, 2.24) is 4.90 Å². The largest absolute Gasteiger partial charge is 0.459 e. The Balaban J connectivity index is 1.33. The van der Waals surface area contributed by atoms with Crippen LogP contribution in [-0.2, 0) is 27.5 Å². The van der Waals surface area contributed by atoms with Gasteiger partial charge in [-0.3, -0.25) is 15.0 Å². The number of nitro benzene ring substituents is 1. The molecular formula is C51H57N3O12. The summed E-state index contributed by atoms with van der Waals surface area (Å²) in [6.07, 6.45) is 7.73. The van der Waals surface area contributed by atoms with Gasteiger partial charge >= 0.3 is 6.09 Å². The molecule has 4 aromatic rings. The van der Waals surface area contributed by atoms with Crippen molar-refractivity contribution in [3.05, 3.63) is 142 Å². The van der Waals surface area contributed by atoms with Gasteiger partial charge in [0.05, 0.1) is 35.8 Å². The summed E-state index contributed by atoms with van der Waals surface area (Å²) < 4.78 is 38.0. The molecule has 2 aliphatic carbocycles. The number of carbonyl (C=O) groups excluding carboxylic acids is 1. The van der Waals surface area contributed by atoms with Crippen LogP contribution in [0.3, 0.4) is 0 Å². The maximum Gasteiger partial charge on any atom is 0.410 e. The van der Waals surface area contributed by atoms with Gasteiger partial charge in [0.2, 0.25) is 12.6 Å². The Morgan fingerprint density at radius 3 is 2.47 bits per heavy atom. The lowest BCUT2D eigenvalue weighted by molar-refractivity contribution is -0.384. The molecule has 1 fully saturated rings. The maximum absolute atomic E-state index is 14.6. The molecule has 2 N–H and O–H groups in total. The molecule has 1 saturated carbocycles. The molecule has 15 heteroatoms. The van der Waals surface area contributed by atoms with Crippen LogP contribution in [0.15, 0.2) is 120 Å². The zero-order valence-electron chi connectivity index (χ0n) is 37.1. The highest BCUT2D eigenvalue weighted by atomic mass is 16.7. The Morgan fingerprint density at radius 2 is 1.70 bits per heavy atom. The number of carbonyl (C=O) groups is 1. The summed E-state index contributed by atoms with van der Waals surface area (Å²) in [5.74, 6) is -0.122. The Bertz CT molecular complexity index is 2410. The molecule has 0 bridgehead atoms. The SMILES string of the molecule is C=CCOC12Oc3ccc(Oc4cccc([N+](=O)[O-])c4)cc3C3C(CCCCO)C(CCCCO)C=C(C(=NOCc4ccccc4)CC1N(Cc1ccc4c(c1)OCO4)C(=O)OCC)C32. The second-order valence-corrected chi connectivity index (χ2v) is 16.9. The third-order valence-corrected chi connectivity index (χ3v) is 12.8. The molecule has 348 valence electrons. The second-order valence-electron chi connectivity index (χ2n) is 16.9. The van der Waals surface area contributed by atoms with Gasteiger partial charge in [0.25, 0.3) is 5.69 Å². The molecule has 0 radical (unpaired) electrons. The van der Waals surface area contributed by atoms with Crippen molar-refractivity contribution in [3.63, 3.8) is 0 Å². The van der Waals surface area contributed by atoms with Crippen LogP contribution in [0, 0.1) is 27.9 Å². The van der Waals surface area contributed by atoms with E-state index in [-0.39, 0.29) is 76.2 Å². The van der Waals surface area contributed by atoms with E-state index in [0.717, 1.165) is 47.9 Å². The predicted molar refractivity (Wildman–Crippen MR) is 244 cm³/mol. The van der Waals surface area contributed by atoms with Crippen LogP contribution in [0.4, 0.5) is 10.5 Å². The average molecular weight is 904 g/mol. The molecule has 66 heavy (non-hydrogen) atoms. The average Bonchev–Trinajstić information content (AvgIpc) is 3.80. The van der Waals surface area contributed by atoms with Crippen molar-refractivity contribution < 1.29 is 53.2 Å². The first-order valence-electron chi connectivity index (χ1n) is 22.7. The third kappa shape index (κ3) is 9.88. The molecule has 2 heterocycles. The molecular weight excluding hydrogens is 847 g/mol. The van der Waals surface area contributed by atoms with Gasteiger partial charge < -0.3 is 43.5 Å². The highest BCUT2D eigenvalue weighted by Gasteiger charge is 2.65. The minimum atomic E-state index is -1.55. The van der Waals surface area contributed by atoms with Crippen LogP contribution in [0.5, 0.6) is 28.7 Å². The Labute approximate surface area is 384 Å². The lowest BCUT2D eigenvalue weighted by Crippen LogP contribution is -2.70. The number of aliphatic hydroxyl groups is 2. The number of rotatable bonds is 21. The summed E-state index contributed by atoms with van der Waals surface area (Å²) >= 11 is 0. The Morgan fingerprint density at radius 1 is 0.924 bits per heavy atom. The monoisotopic (exact) mass is 903 g/mol. The van der Waals surface area contributed by atoms with Crippen LogP contribution >= 0.6 is 0 Å². The second kappa shape index (κ2) is 21.3. The quantitative estimate of drug-likeness (QED) is 0.0350. The van der Waals surface area contributed by atoms with E-state index in [1.54, 1.807) is 36.1 Å². The molecule has 4 aromatic carbocycles. The van der Waals surface area contributed by atoms with E-state index in [4.69, 9.17) is 38.4 Å². The van der Waals surface area contributed by atoms with Gasteiger partial charge in [0.15, 0.2) is 11.5 Å². The molecule has 0 saturated heterocycles. The molecule has 8 rings (SSSR count). The molecule has 0 spiro atoms. The van der Waals surface area contributed by atoms with Crippen LogP contribution in [0.1, 0.15) is 74.5 Å². The number of oxime groups is 1. The molecule has 0 aromatic heterocycles. The number of nitrogens with zero attached hydrogens (tertiary/aromatic N) is 3. The Kier molecular flexibility index (Phi) is 14.9. The van der Waals surface area contributed by atoms with Gasteiger partial charge in [-0.15, -0.1) is 6.58 Å². The van der Waals surface area contributed by atoms with Crippen molar-refractivity contribution in [2.24, 2.45) is 22.9 Å². The van der Waals surface area contributed by atoms with Crippen molar-refractivity contribution in [2.75, 3.05) is 33.2 Å². The lowest BCUT2D eigenvalue weighted by atomic mass is 9.55. The highest BCUT2D eigenvalue weighted by molar-refractivity contribution is 6.03. The summed E-state index contributed by atoms with van der Waals surface area (Å²) in [6.45, 7) is 6.46. The molecule has 15 nitrogen and oxygen atoms in total. The van der Waals surface area contributed by atoms with E-state index in [2.05, 4.69) is 12.7 Å². The highest BCUT2D eigenvalue weighted by Crippen LogP contribution is 2.62. The fourth-order valence-corrected chi connectivity index (χ4v) is 10.0. The van der Waals surface area contributed by atoms with Crippen molar-refractivity contribution in [3.8, 4) is 28.7 Å². The summed E-state index contributed by atoms with van der Waals surface area (Å²) in [5.41, 5.74) is 3.91. The first-order chi connectivity index (χ1) is 32.3. The number of nitro groups is 1. The standard InChI is InChI=1S/C51H57N3O12/c1-3-25-63-51-47(53(50(57)60-4-2)31-35-19-21-45-46(26-35)62-33-61-45)30-43(52-64-32-34-13-6-5-7-14-34)41-27-36(15-8-10-23-55)40(18-9-11-24-56)48(49(41)51)42-29-39(20-22-44(42)66-51)65-38-17-12-16-37(28-38)54(58)59/h3,5-7,12-14,16-17,19-22,26-29,36,40,47-49,55-56H,1,4,8-11,15,18,23-25,30-33H2,2H3. The zero-order valence-corrected chi connectivity index (χ0v) is 37.1. The molecule has 4 aliphatic rings. The third-order valence-electron chi connectivity index (χ3n) is 12.8. The number of amides is 1. The minimum absolute atomic E-state index is 0.0124. The first kappa shape index (κ1) is 46.1. The van der Waals surface area contributed by atoms with Crippen LogP contribution in [-0.4, -0.2) is 76.9 Å². The number of benzene rings is 4. The smallest absolute Gasteiger partial charge is 0.410 e. The summed E-state index contributed by atoms with van der Waals surface area (Å²) in [5, 5.41) is 36.6. The molecule has 1 amide bonds. The van der Waals surface area contributed by atoms with E-state index in [9.17, 15) is 25.1 Å². The number of allylic oxidation sites excluding steroid dienone is 1. The lowest BCUT2D eigenvalue weighted by Gasteiger charge is -2.59. The topological polar surface area (TPSA) is 181 Å². The van der Waals surface area contributed by atoms with Gasteiger partial charge in [-0.1, -0.05) is 72.6 Å². The number of aliphatic hydroxyl groups excluding tert-OH is 2. The van der Waals surface area contributed by atoms with E-state index >= 15 is 0 Å². The zero-order chi connectivity index (χ0) is 46.0. The molecule has 2 aliphatic heterocycles. The van der Waals surface area contributed by atoms with Gasteiger partial charge in [0, 0.05) is 43.7 Å². The van der Waals surface area contributed by atoms with Crippen molar-refractivity contribution >= 4 is 17.5 Å². The number of non-ortho nitro benzene ring substituents is 1. The summed E-state index contributed by atoms with van der Waals surface area (Å²) in [4.78, 5) is 33.7. The van der Waals surface area contributed by atoms with E-state index in [1.807, 2.05) is 60.7 Å². The Hall–Kier alpha value is -6.42. The van der Waals surface area contributed by atoms with Crippen LogP contribution < -0.4 is 18.9 Å². The number of hydrogen-bond acceptors (Lipinski definition) is 13. The van der Waals surface area contributed by atoms with E-state index < -0.39 is 28.8 Å². The molecule has 6 atom stereocenters. The molecule has 6 unspecified atom stereocenters. The maximum atomic E-state index is 14.6. The predicted octanol–water partition coefficient (Wildman–Crippen LogP) is 9.61. The fourth-order valence-electron chi connectivity index (χ4n) is 10.0. The van der Waals surface area contributed by atoms with Gasteiger partial charge in [-0.25, -0.2) is 4.79 Å². The summed E-state index contributed by atoms with van der Waals surface area (Å²) in [6, 6.07) is 26.0. The van der Waals surface area contributed by atoms with Crippen molar-refractivity contribution in [1.29, 1.82) is 0 Å². The van der Waals surface area contributed by atoms with Gasteiger partial charge in [-0.05, 0) is 97.5 Å². The van der Waals surface area contributed by atoms with Gasteiger partial charge in [0.1, 0.15) is 29.9 Å². The summed E-state index contributed by atoms with van der Waals surface area (Å²) in [7, 11) is 0. The number of unbranched alkanes of at least 4 members (excludes halogenated alkanes) is 2. The number of ether oxygens (including phenoxy) is 6. The van der Waals surface area contributed by atoms with E-state index in [1.165, 1.54) is 12.1 Å².